The Bertz CT molecular complexity index is 444. The quantitative estimate of drug-likeness (QED) is 0.615. The van der Waals surface area contributed by atoms with Gasteiger partial charge in [-0.3, -0.25) is 0 Å². The van der Waals surface area contributed by atoms with Gasteiger partial charge in [0, 0.05) is 18.6 Å². The molecule has 2 heteroatoms. The van der Waals surface area contributed by atoms with Crippen LogP contribution < -0.4 is 5.73 Å². The van der Waals surface area contributed by atoms with E-state index in [0.29, 0.717) is 11.8 Å². The van der Waals surface area contributed by atoms with Gasteiger partial charge in [0.05, 0.1) is 0 Å². The van der Waals surface area contributed by atoms with Crippen molar-refractivity contribution in [2.75, 3.05) is 13.2 Å². The van der Waals surface area contributed by atoms with Gasteiger partial charge < -0.3 is 10.8 Å². The third kappa shape index (κ3) is 3.35. The Morgan fingerprint density at radius 1 is 1.28 bits per heavy atom. The summed E-state index contributed by atoms with van der Waals surface area (Å²) in [5.74, 6) is 7.74. The molecule has 0 heterocycles. The van der Waals surface area contributed by atoms with Gasteiger partial charge in [0.2, 0.25) is 0 Å². The molecule has 96 valence electrons. The summed E-state index contributed by atoms with van der Waals surface area (Å²) in [5, 5.41) is 8.70. The normalized spacial score (nSPS) is 21.2. The third-order valence-corrected chi connectivity index (χ3v) is 3.52. The Kier molecular flexibility index (Phi) is 4.81. The lowest BCUT2D eigenvalue weighted by atomic mass is 10.0. The first-order valence-electron chi connectivity index (χ1n) is 6.75. The van der Waals surface area contributed by atoms with Crippen molar-refractivity contribution < 1.29 is 5.11 Å². The molecule has 2 rings (SSSR count). The Labute approximate surface area is 109 Å². The first kappa shape index (κ1) is 13.1. The second-order valence-corrected chi connectivity index (χ2v) is 4.91. The number of unbranched alkanes of at least 4 members (excludes halogenated alkanes) is 2. The molecule has 1 saturated carbocycles. The number of rotatable bonds is 5. The van der Waals surface area contributed by atoms with Crippen molar-refractivity contribution in [3.05, 3.63) is 35.4 Å². The van der Waals surface area contributed by atoms with E-state index in [1.165, 1.54) is 12.0 Å². The van der Waals surface area contributed by atoms with E-state index in [-0.39, 0.29) is 6.61 Å². The average molecular weight is 243 g/mol. The highest BCUT2D eigenvalue weighted by Crippen LogP contribution is 2.47. The summed E-state index contributed by atoms with van der Waals surface area (Å²) in [6, 6.07) is 8.40. The summed E-state index contributed by atoms with van der Waals surface area (Å²) in [4.78, 5) is 0. The van der Waals surface area contributed by atoms with Gasteiger partial charge in [-0.15, -0.1) is 0 Å². The smallest absolute Gasteiger partial charge is 0.0431 e. The van der Waals surface area contributed by atoms with E-state index in [9.17, 15) is 0 Å². The van der Waals surface area contributed by atoms with Crippen LogP contribution in [0.5, 0.6) is 0 Å². The van der Waals surface area contributed by atoms with Gasteiger partial charge in [-0.2, -0.15) is 0 Å². The zero-order valence-electron chi connectivity index (χ0n) is 10.7. The van der Waals surface area contributed by atoms with Crippen LogP contribution in [0.3, 0.4) is 0 Å². The van der Waals surface area contributed by atoms with E-state index < -0.39 is 0 Å². The fourth-order valence-electron chi connectivity index (χ4n) is 2.31. The van der Waals surface area contributed by atoms with Crippen LogP contribution in [0, 0.1) is 17.8 Å². The van der Waals surface area contributed by atoms with Crippen molar-refractivity contribution in [1.82, 2.24) is 0 Å². The summed E-state index contributed by atoms with van der Waals surface area (Å²) < 4.78 is 0. The molecule has 18 heavy (non-hydrogen) atoms. The number of nitrogens with two attached hydrogens (primary N) is 1. The lowest BCUT2D eigenvalue weighted by Crippen LogP contribution is -2.02. The highest BCUT2D eigenvalue weighted by atomic mass is 16.2. The maximum atomic E-state index is 8.70. The molecule has 0 aliphatic heterocycles. The van der Waals surface area contributed by atoms with E-state index in [1.54, 1.807) is 0 Å². The van der Waals surface area contributed by atoms with Crippen molar-refractivity contribution in [2.45, 2.75) is 31.6 Å². The molecule has 0 amide bonds. The van der Waals surface area contributed by atoms with E-state index in [0.717, 1.165) is 31.4 Å². The molecule has 0 saturated heterocycles. The largest absolute Gasteiger partial charge is 0.396 e. The highest BCUT2D eigenvalue weighted by Gasteiger charge is 2.37. The van der Waals surface area contributed by atoms with Crippen LogP contribution in [0.4, 0.5) is 0 Å². The van der Waals surface area contributed by atoms with Crippen LogP contribution in [0.2, 0.25) is 0 Å². The maximum absolute atomic E-state index is 8.70. The van der Waals surface area contributed by atoms with Gasteiger partial charge in [-0.25, -0.2) is 0 Å². The highest BCUT2D eigenvalue weighted by molar-refractivity contribution is 5.45. The summed E-state index contributed by atoms with van der Waals surface area (Å²) in [5.41, 5.74) is 8.23. The first-order valence-corrected chi connectivity index (χ1v) is 6.75. The van der Waals surface area contributed by atoms with Crippen LogP contribution in [-0.2, 0) is 0 Å². The van der Waals surface area contributed by atoms with Crippen molar-refractivity contribution in [2.24, 2.45) is 11.7 Å². The summed E-state index contributed by atoms with van der Waals surface area (Å²) in [6.45, 7) is 1.04. The van der Waals surface area contributed by atoms with Crippen LogP contribution in [0.1, 0.15) is 42.7 Å². The molecule has 1 aromatic rings. The maximum Gasteiger partial charge on any atom is 0.0431 e. The molecule has 1 fully saturated rings. The molecule has 0 unspecified atom stereocenters. The van der Waals surface area contributed by atoms with E-state index >= 15 is 0 Å². The van der Waals surface area contributed by atoms with Crippen molar-refractivity contribution >= 4 is 0 Å². The minimum absolute atomic E-state index is 0.262. The molecule has 1 aliphatic rings. The van der Waals surface area contributed by atoms with Gasteiger partial charge in [-0.05, 0) is 49.3 Å². The predicted molar refractivity (Wildman–Crippen MR) is 74.2 cm³/mol. The van der Waals surface area contributed by atoms with Gasteiger partial charge in [-0.1, -0.05) is 30.0 Å². The third-order valence-electron chi connectivity index (χ3n) is 3.52. The van der Waals surface area contributed by atoms with E-state index in [4.69, 9.17) is 10.8 Å². The second kappa shape index (κ2) is 6.58. The van der Waals surface area contributed by atoms with Crippen LogP contribution in [0.25, 0.3) is 0 Å². The Balaban J connectivity index is 1.99. The fourth-order valence-corrected chi connectivity index (χ4v) is 2.31. The summed E-state index contributed by atoms with van der Waals surface area (Å²) >= 11 is 0. The number of aliphatic hydroxyl groups is 1. The lowest BCUT2D eigenvalue weighted by Gasteiger charge is -2.02. The zero-order chi connectivity index (χ0) is 12.8. The van der Waals surface area contributed by atoms with Crippen molar-refractivity contribution in [3.63, 3.8) is 0 Å². The zero-order valence-corrected chi connectivity index (χ0v) is 10.7. The molecular weight excluding hydrogens is 222 g/mol. The molecule has 0 aromatic heterocycles. The molecule has 2 nitrogen and oxygen atoms in total. The monoisotopic (exact) mass is 243 g/mol. The lowest BCUT2D eigenvalue weighted by molar-refractivity contribution is 0.285. The van der Waals surface area contributed by atoms with E-state index in [2.05, 4.69) is 30.0 Å². The molecule has 1 aliphatic carbocycles. The number of aliphatic hydroxyl groups excluding tert-OH is 1. The summed E-state index contributed by atoms with van der Waals surface area (Å²) in [6.07, 6.45) is 3.88. The molecule has 2 atom stereocenters. The Hall–Kier alpha value is -1.30. The first-order chi connectivity index (χ1) is 8.86. The average Bonchev–Trinajstić information content (AvgIpc) is 3.18. The van der Waals surface area contributed by atoms with E-state index in [1.807, 2.05) is 6.07 Å². The molecule has 0 bridgehead atoms. The van der Waals surface area contributed by atoms with Crippen LogP contribution in [-0.4, -0.2) is 18.3 Å². The van der Waals surface area contributed by atoms with Crippen LogP contribution >= 0.6 is 0 Å². The van der Waals surface area contributed by atoms with Gasteiger partial charge in [0.25, 0.3) is 0 Å². The van der Waals surface area contributed by atoms with Crippen LogP contribution in [0.15, 0.2) is 24.3 Å². The van der Waals surface area contributed by atoms with Crippen molar-refractivity contribution in [3.8, 4) is 11.8 Å². The van der Waals surface area contributed by atoms with Gasteiger partial charge in [0.15, 0.2) is 0 Å². The molecular formula is C16H21NO. The minimum atomic E-state index is 0.262. The number of hydrogen-bond acceptors (Lipinski definition) is 2. The molecule has 0 spiro atoms. The van der Waals surface area contributed by atoms with Gasteiger partial charge >= 0.3 is 0 Å². The minimum Gasteiger partial charge on any atom is -0.396 e. The van der Waals surface area contributed by atoms with Crippen molar-refractivity contribution in [1.29, 1.82) is 0 Å². The molecule has 1 aromatic carbocycles. The SMILES string of the molecule is NC[C@H]1C[C@@H]1c1ccccc1C#CCCCCO. The number of benzene rings is 1. The second-order valence-electron chi connectivity index (χ2n) is 4.91. The molecule has 3 N–H and O–H groups in total. The predicted octanol–water partition coefficient (Wildman–Crippen LogP) is 2.26. The standard InChI is InChI=1S/C16H21NO/c17-12-14-11-16(14)15-9-5-4-8-13(15)7-3-1-2-6-10-18/h4-5,8-9,14,16,18H,1-2,6,10-12,17H2/t14-,16+/m1/s1. The number of hydrogen-bond donors (Lipinski definition) is 2. The Morgan fingerprint density at radius 3 is 2.83 bits per heavy atom. The summed E-state index contributed by atoms with van der Waals surface area (Å²) in [7, 11) is 0. The topological polar surface area (TPSA) is 46.2 Å². The Morgan fingerprint density at radius 2 is 2.11 bits per heavy atom. The van der Waals surface area contributed by atoms with Gasteiger partial charge in [0.1, 0.15) is 0 Å². The molecule has 0 radical (unpaired) electrons. The fraction of sp³-hybridized carbons (Fsp3) is 0.500.